The minimum Gasteiger partial charge on any atom is -0.459 e. The quantitative estimate of drug-likeness (QED) is 0.220. The molecule has 2 unspecified atom stereocenters. The lowest BCUT2D eigenvalue weighted by Crippen LogP contribution is -2.41. The fourth-order valence-electron chi connectivity index (χ4n) is 1.57. The Morgan fingerprint density at radius 2 is 1.39 bits per heavy atom. The highest BCUT2D eigenvalue weighted by molar-refractivity contribution is 5.86. The molecule has 0 aliphatic carbocycles. The van der Waals surface area contributed by atoms with Crippen LogP contribution in [0.2, 0.25) is 0 Å². The van der Waals surface area contributed by atoms with E-state index in [9.17, 15) is 19.2 Å². The zero-order valence-corrected chi connectivity index (χ0v) is 16.4. The summed E-state index contributed by atoms with van der Waals surface area (Å²) in [6, 6.07) is 0. The fourth-order valence-corrected chi connectivity index (χ4v) is 1.57. The predicted molar refractivity (Wildman–Crippen MR) is 99.2 cm³/mol. The van der Waals surface area contributed by atoms with Gasteiger partial charge in [-0.05, 0) is 19.8 Å². The lowest BCUT2D eigenvalue weighted by Gasteiger charge is -2.18. The molecule has 28 heavy (non-hydrogen) atoms. The maximum absolute atomic E-state index is 11.7. The van der Waals surface area contributed by atoms with E-state index in [2.05, 4.69) is 23.8 Å². The number of carbonyl (C=O) groups excluding carboxylic acids is 4. The summed E-state index contributed by atoms with van der Waals surface area (Å²) in [6.45, 7) is 11.3. The van der Waals surface area contributed by atoms with Crippen LogP contribution in [0, 0.1) is 0 Å². The van der Waals surface area contributed by atoms with Crippen LogP contribution in [0.15, 0.2) is 24.8 Å². The molecule has 0 spiro atoms. The van der Waals surface area contributed by atoms with Gasteiger partial charge in [0.25, 0.3) is 0 Å². The molecule has 0 fully saturated rings. The van der Waals surface area contributed by atoms with Crippen LogP contribution in [0.3, 0.4) is 0 Å². The second-order valence-corrected chi connectivity index (χ2v) is 5.61. The molecule has 0 radical (unpaired) electrons. The molecule has 0 aromatic rings. The largest absolute Gasteiger partial charge is 0.459 e. The van der Waals surface area contributed by atoms with Crippen molar-refractivity contribution >= 4 is 24.1 Å². The van der Waals surface area contributed by atoms with E-state index in [1.807, 2.05) is 0 Å². The van der Waals surface area contributed by atoms with Crippen molar-refractivity contribution in [2.75, 3.05) is 19.9 Å². The van der Waals surface area contributed by atoms with Crippen molar-refractivity contribution in [1.29, 1.82) is 0 Å². The second-order valence-electron chi connectivity index (χ2n) is 5.61. The van der Waals surface area contributed by atoms with Gasteiger partial charge in [-0.1, -0.05) is 27.0 Å². The molecule has 0 saturated heterocycles. The summed E-state index contributed by atoms with van der Waals surface area (Å²) < 4.78 is 19.9. The van der Waals surface area contributed by atoms with Gasteiger partial charge >= 0.3 is 24.1 Å². The van der Waals surface area contributed by atoms with Crippen molar-refractivity contribution < 1.29 is 38.1 Å². The first-order chi connectivity index (χ1) is 13.2. The highest BCUT2D eigenvalue weighted by Gasteiger charge is 2.17. The molecule has 2 amide bonds. The van der Waals surface area contributed by atoms with Crippen molar-refractivity contribution in [3.05, 3.63) is 24.8 Å². The summed E-state index contributed by atoms with van der Waals surface area (Å²) in [4.78, 5) is 45.7. The van der Waals surface area contributed by atoms with Gasteiger partial charge in [-0.2, -0.15) is 0 Å². The standard InChI is InChI=1S/C18H28N2O8/c1-6-13(9-25-15(21)8-3)27-17(23)19-11-20-18(24)28-14(7-2)10-26-16(22)12(4)5/h8,13-14H,3-4,6-7,9-11H2,1-2,5H3,(H,19,23)(H,20,24). The van der Waals surface area contributed by atoms with Crippen LogP contribution in [0.25, 0.3) is 0 Å². The van der Waals surface area contributed by atoms with E-state index in [0.717, 1.165) is 6.08 Å². The normalized spacial score (nSPS) is 12.0. The molecular weight excluding hydrogens is 372 g/mol. The Kier molecular flexibility index (Phi) is 12.5. The predicted octanol–water partition coefficient (Wildman–Crippen LogP) is 1.80. The third-order valence-corrected chi connectivity index (χ3v) is 3.25. The van der Waals surface area contributed by atoms with E-state index in [0.29, 0.717) is 12.8 Å². The summed E-state index contributed by atoms with van der Waals surface area (Å²) in [6.07, 6.45) is -1.02. The Hall–Kier alpha value is -3.04. The van der Waals surface area contributed by atoms with Gasteiger partial charge in [0.2, 0.25) is 0 Å². The van der Waals surface area contributed by atoms with Crippen LogP contribution in [0.1, 0.15) is 33.6 Å². The van der Waals surface area contributed by atoms with E-state index < -0.39 is 36.3 Å². The first-order valence-electron chi connectivity index (χ1n) is 8.74. The summed E-state index contributed by atoms with van der Waals surface area (Å²) in [7, 11) is 0. The smallest absolute Gasteiger partial charge is 0.408 e. The molecule has 0 aromatic heterocycles. The number of esters is 2. The van der Waals surface area contributed by atoms with Gasteiger partial charge in [0.15, 0.2) is 0 Å². The first kappa shape index (κ1) is 25.0. The SMILES string of the molecule is C=CC(=O)OCC(CC)OC(=O)NCNC(=O)OC(CC)COC(=O)C(=C)C. The van der Waals surface area contributed by atoms with Crippen molar-refractivity contribution in [3.63, 3.8) is 0 Å². The van der Waals surface area contributed by atoms with Crippen LogP contribution >= 0.6 is 0 Å². The van der Waals surface area contributed by atoms with E-state index >= 15 is 0 Å². The zero-order valence-electron chi connectivity index (χ0n) is 16.4. The number of nitrogens with one attached hydrogen (secondary N) is 2. The molecule has 0 heterocycles. The minimum atomic E-state index is -0.802. The van der Waals surface area contributed by atoms with Crippen LogP contribution in [0.4, 0.5) is 9.59 Å². The molecule has 2 atom stereocenters. The third-order valence-electron chi connectivity index (χ3n) is 3.25. The maximum Gasteiger partial charge on any atom is 0.408 e. The number of hydrogen-bond donors (Lipinski definition) is 2. The molecule has 10 heteroatoms. The van der Waals surface area contributed by atoms with Gasteiger partial charge in [-0.3, -0.25) is 0 Å². The molecule has 158 valence electrons. The number of ether oxygens (including phenoxy) is 4. The minimum absolute atomic E-state index is 0.104. The number of carbonyl (C=O) groups is 4. The van der Waals surface area contributed by atoms with Crippen molar-refractivity contribution in [3.8, 4) is 0 Å². The lowest BCUT2D eigenvalue weighted by atomic mass is 10.3. The molecule has 0 saturated carbocycles. The molecule has 0 aliphatic rings. The Morgan fingerprint density at radius 3 is 1.79 bits per heavy atom. The Balaban J connectivity index is 4.14. The van der Waals surface area contributed by atoms with E-state index in [-0.39, 0.29) is 25.5 Å². The second kappa shape index (κ2) is 14.1. The molecule has 0 bridgehead atoms. The average molecular weight is 400 g/mol. The average Bonchev–Trinajstić information content (AvgIpc) is 2.67. The highest BCUT2D eigenvalue weighted by Crippen LogP contribution is 2.02. The molecule has 10 nitrogen and oxygen atoms in total. The van der Waals surface area contributed by atoms with Crippen LogP contribution in [-0.4, -0.2) is 56.2 Å². The Labute approximate surface area is 164 Å². The maximum atomic E-state index is 11.7. The van der Waals surface area contributed by atoms with Gasteiger partial charge in [0.1, 0.15) is 25.4 Å². The van der Waals surface area contributed by atoms with E-state index in [4.69, 9.17) is 18.9 Å². The van der Waals surface area contributed by atoms with Gasteiger partial charge in [-0.25, -0.2) is 19.2 Å². The monoisotopic (exact) mass is 400 g/mol. The molecule has 0 aliphatic heterocycles. The third kappa shape index (κ3) is 11.6. The number of alkyl carbamates (subject to hydrolysis) is 2. The zero-order chi connectivity index (χ0) is 21.5. The van der Waals surface area contributed by atoms with Gasteiger partial charge < -0.3 is 29.6 Å². The highest BCUT2D eigenvalue weighted by atomic mass is 16.6. The fraction of sp³-hybridized carbons (Fsp3) is 0.556. The molecule has 2 N–H and O–H groups in total. The van der Waals surface area contributed by atoms with Crippen molar-refractivity contribution in [2.24, 2.45) is 0 Å². The number of hydrogen-bond acceptors (Lipinski definition) is 8. The summed E-state index contributed by atoms with van der Waals surface area (Å²) >= 11 is 0. The topological polar surface area (TPSA) is 129 Å². The lowest BCUT2D eigenvalue weighted by molar-refractivity contribution is -0.142. The number of rotatable bonds is 12. The van der Waals surface area contributed by atoms with Gasteiger partial charge in [-0.15, -0.1) is 0 Å². The van der Waals surface area contributed by atoms with Crippen LogP contribution in [0.5, 0.6) is 0 Å². The Morgan fingerprint density at radius 1 is 0.929 bits per heavy atom. The van der Waals surface area contributed by atoms with Crippen LogP contribution < -0.4 is 10.6 Å². The van der Waals surface area contributed by atoms with Gasteiger partial charge in [0, 0.05) is 11.6 Å². The first-order valence-corrected chi connectivity index (χ1v) is 8.74. The summed E-state index contributed by atoms with van der Waals surface area (Å²) in [5.74, 6) is -1.19. The molecule has 0 aromatic carbocycles. The summed E-state index contributed by atoms with van der Waals surface area (Å²) in [5.41, 5.74) is 0.242. The number of amides is 2. The van der Waals surface area contributed by atoms with Crippen molar-refractivity contribution in [1.82, 2.24) is 10.6 Å². The molecular formula is C18H28N2O8. The van der Waals surface area contributed by atoms with Crippen LogP contribution in [-0.2, 0) is 28.5 Å². The van der Waals surface area contributed by atoms with E-state index in [1.54, 1.807) is 13.8 Å². The van der Waals surface area contributed by atoms with Crippen molar-refractivity contribution in [2.45, 2.75) is 45.8 Å². The summed E-state index contributed by atoms with van der Waals surface area (Å²) in [5, 5.41) is 4.62. The Bertz CT molecular complexity index is 576. The van der Waals surface area contributed by atoms with Gasteiger partial charge in [0.05, 0.1) is 6.67 Å². The van der Waals surface area contributed by atoms with E-state index in [1.165, 1.54) is 6.92 Å². The molecule has 0 rings (SSSR count).